The molecule has 0 spiro atoms. The lowest BCUT2D eigenvalue weighted by Crippen LogP contribution is -2.63. The summed E-state index contributed by atoms with van der Waals surface area (Å²) in [6.45, 7) is 13.4. The number of ketones is 1. The summed E-state index contributed by atoms with van der Waals surface area (Å²) in [6.07, 6.45) is 4.62. The maximum atomic E-state index is 13.5. The van der Waals surface area contributed by atoms with Crippen LogP contribution in [0.15, 0.2) is 0 Å². The number of fused-ring (bicyclic) bond motifs is 2. The third-order valence-corrected chi connectivity index (χ3v) is 11.9. The van der Waals surface area contributed by atoms with Crippen LogP contribution in [0, 0.1) is 45.8 Å². The molecule has 0 aromatic rings. The van der Waals surface area contributed by atoms with Crippen molar-refractivity contribution in [1.82, 2.24) is 10.2 Å². The summed E-state index contributed by atoms with van der Waals surface area (Å²) in [5.41, 5.74) is -1.24. The number of hydrogen-bond acceptors (Lipinski definition) is 6. The summed E-state index contributed by atoms with van der Waals surface area (Å²) < 4.78 is 6.23. The van der Waals surface area contributed by atoms with Gasteiger partial charge in [0.15, 0.2) is 0 Å². The van der Waals surface area contributed by atoms with Crippen LogP contribution >= 0.6 is 0 Å². The van der Waals surface area contributed by atoms with E-state index >= 15 is 0 Å². The lowest BCUT2D eigenvalue weighted by atomic mass is 9.43. The van der Waals surface area contributed by atoms with Crippen molar-refractivity contribution < 1.29 is 24.2 Å². The van der Waals surface area contributed by atoms with Gasteiger partial charge in [-0.25, -0.2) is 4.79 Å². The molecule has 3 saturated carbocycles. The van der Waals surface area contributed by atoms with Gasteiger partial charge >= 0.3 is 6.09 Å². The van der Waals surface area contributed by atoms with Crippen LogP contribution in [-0.4, -0.2) is 59.6 Å². The standard InChI is InChI=1S/C29H46N2O5/c1-6-10-27(4)14-22(36-26(35)30-25(34)20-16-31-13-9-19(20)15-31)28(5)17(2)7-11-29(18(3)24(27)33)12-8-21(32)23(28)29/h17-20,22-24,33H,6-16H2,1-5H3,(H,30,34,35)/t17-,18+,19-,20+,22-,23+,24+,27-,28+,29+/m1/s1. The van der Waals surface area contributed by atoms with E-state index in [0.29, 0.717) is 25.3 Å². The van der Waals surface area contributed by atoms with Gasteiger partial charge in [-0.3, -0.25) is 14.9 Å². The molecule has 0 aromatic carbocycles. The Morgan fingerprint density at radius 3 is 2.56 bits per heavy atom. The zero-order chi connectivity index (χ0) is 26.0. The lowest BCUT2D eigenvalue weighted by Gasteiger charge is -2.62. The summed E-state index contributed by atoms with van der Waals surface area (Å²) in [6, 6.07) is 0. The predicted molar refractivity (Wildman–Crippen MR) is 136 cm³/mol. The average Bonchev–Trinajstić information content (AvgIpc) is 3.55. The second-order valence-corrected chi connectivity index (χ2v) is 13.6. The predicted octanol–water partition coefficient (Wildman–Crippen LogP) is 4.17. The van der Waals surface area contributed by atoms with Crippen molar-refractivity contribution in [3.63, 3.8) is 0 Å². The Morgan fingerprint density at radius 2 is 1.92 bits per heavy atom. The van der Waals surface area contributed by atoms with Gasteiger partial charge in [-0.05, 0) is 73.7 Å². The topological polar surface area (TPSA) is 95.9 Å². The van der Waals surface area contributed by atoms with Gasteiger partial charge < -0.3 is 14.7 Å². The number of aliphatic hydroxyl groups is 1. The molecule has 5 aliphatic rings. The normalized spacial score (nSPS) is 49.8. The van der Waals surface area contributed by atoms with Gasteiger partial charge in [0, 0.05) is 30.8 Å². The highest BCUT2D eigenvalue weighted by Gasteiger charge is 2.68. The molecule has 4 bridgehead atoms. The maximum Gasteiger partial charge on any atom is 0.414 e. The fourth-order valence-corrected chi connectivity index (χ4v) is 9.61. The third-order valence-electron chi connectivity index (χ3n) is 11.9. The molecule has 5 fully saturated rings. The van der Waals surface area contributed by atoms with Crippen molar-refractivity contribution in [3.05, 3.63) is 0 Å². The number of hydrogen-bond donors (Lipinski definition) is 2. The molecule has 202 valence electrons. The third kappa shape index (κ3) is 3.78. The average molecular weight is 503 g/mol. The van der Waals surface area contributed by atoms with Crippen LogP contribution in [-0.2, 0) is 14.3 Å². The molecular weight excluding hydrogens is 456 g/mol. The molecule has 2 heterocycles. The number of carbonyl (C=O) groups is 3. The molecule has 0 radical (unpaired) electrons. The van der Waals surface area contributed by atoms with Crippen molar-refractivity contribution in [2.75, 3.05) is 19.6 Å². The number of amides is 2. The fourth-order valence-electron chi connectivity index (χ4n) is 9.61. The Morgan fingerprint density at radius 1 is 1.17 bits per heavy atom. The van der Waals surface area contributed by atoms with Gasteiger partial charge in [-0.15, -0.1) is 0 Å². The first-order valence-electron chi connectivity index (χ1n) is 14.4. The highest BCUT2D eigenvalue weighted by molar-refractivity contribution is 5.93. The van der Waals surface area contributed by atoms with Crippen LogP contribution in [0.25, 0.3) is 0 Å². The molecule has 2 saturated heterocycles. The Balaban J connectivity index is 1.46. The molecule has 2 amide bonds. The number of aliphatic hydroxyl groups excluding tert-OH is 1. The molecule has 3 aliphatic carbocycles. The second-order valence-electron chi connectivity index (χ2n) is 13.6. The van der Waals surface area contributed by atoms with Crippen LogP contribution in [0.5, 0.6) is 0 Å². The molecule has 7 heteroatoms. The first-order valence-corrected chi connectivity index (χ1v) is 14.4. The summed E-state index contributed by atoms with van der Waals surface area (Å²) in [5.74, 6) is 0.122. The molecule has 2 N–H and O–H groups in total. The number of alkyl carbamates (subject to hydrolysis) is 1. The number of ether oxygens (including phenoxy) is 1. The molecule has 1 unspecified atom stereocenters. The van der Waals surface area contributed by atoms with Crippen molar-refractivity contribution >= 4 is 17.8 Å². The highest BCUT2D eigenvalue weighted by Crippen LogP contribution is 2.68. The minimum atomic E-state index is -0.695. The van der Waals surface area contributed by atoms with E-state index in [4.69, 9.17) is 4.74 Å². The van der Waals surface area contributed by atoms with E-state index < -0.39 is 29.1 Å². The van der Waals surface area contributed by atoms with Crippen LogP contribution in [0.1, 0.15) is 86.0 Å². The molecule has 5 rings (SSSR count). The van der Waals surface area contributed by atoms with E-state index in [2.05, 4.69) is 44.8 Å². The van der Waals surface area contributed by atoms with Crippen LogP contribution in [0.2, 0.25) is 0 Å². The van der Waals surface area contributed by atoms with Gasteiger partial charge in [0.1, 0.15) is 11.9 Å². The van der Waals surface area contributed by atoms with E-state index in [1.807, 2.05) is 0 Å². The number of Topliss-reactive ketones (excluding diaryl/α,β-unsaturated/α-hetero) is 1. The number of carbonyl (C=O) groups excluding carboxylic acids is 3. The minimum Gasteiger partial charge on any atom is -0.445 e. The van der Waals surface area contributed by atoms with Crippen molar-refractivity contribution in [2.24, 2.45) is 45.8 Å². The van der Waals surface area contributed by atoms with Gasteiger partial charge in [0.2, 0.25) is 5.91 Å². The van der Waals surface area contributed by atoms with Gasteiger partial charge in [0.05, 0.1) is 12.0 Å². The largest absolute Gasteiger partial charge is 0.445 e. The van der Waals surface area contributed by atoms with E-state index in [0.717, 1.165) is 51.6 Å². The van der Waals surface area contributed by atoms with Crippen LogP contribution in [0.3, 0.4) is 0 Å². The molecular formula is C29H46N2O5. The first kappa shape index (κ1) is 26.1. The number of imide groups is 1. The molecule has 7 nitrogen and oxygen atoms in total. The molecule has 36 heavy (non-hydrogen) atoms. The van der Waals surface area contributed by atoms with Gasteiger partial charge in [-0.1, -0.05) is 41.0 Å². The summed E-state index contributed by atoms with van der Waals surface area (Å²) in [5, 5.41) is 14.4. The van der Waals surface area contributed by atoms with E-state index in [-0.39, 0.29) is 40.8 Å². The van der Waals surface area contributed by atoms with E-state index in [9.17, 15) is 19.5 Å². The molecule has 2 aliphatic heterocycles. The van der Waals surface area contributed by atoms with Crippen LogP contribution in [0.4, 0.5) is 4.79 Å². The molecule has 11 atom stereocenters. The van der Waals surface area contributed by atoms with Crippen molar-refractivity contribution in [1.29, 1.82) is 0 Å². The Labute approximate surface area is 216 Å². The zero-order valence-corrected chi connectivity index (χ0v) is 22.8. The van der Waals surface area contributed by atoms with E-state index in [1.54, 1.807) is 0 Å². The SMILES string of the molecule is CCC[C@]1(C)C[C@@H](OC(=O)NC(=O)[C@H]2CN3CC[C@@H]2C3)[C@]2(C)[C@H](C)CC[C@]3(CCC(=O)[C@H]32)[C@@H](C)[C@@H]1O. The number of piperidine rings is 1. The van der Waals surface area contributed by atoms with Crippen molar-refractivity contribution in [2.45, 2.75) is 98.2 Å². The highest BCUT2D eigenvalue weighted by atomic mass is 16.6. The Kier molecular flexibility index (Phi) is 6.59. The summed E-state index contributed by atoms with van der Waals surface area (Å²) >= 11 is 0. The number of nitrogens with one attached hydrogen (secondary N) is 1. The van der Waals surface area contributed by atoms with Gasteiger partial charge in [-0.2, -0.15) is 0 Å². The second kappa shape index (κ2) is 9.07. The van der Waals surface area contributed by atoms with Gasteiger partial charge in [0.25, 0.3) is 0 Å². The smallest absolute Gasteiger partial charge is 0.414 e. The number of rotatable bonds is 4. The maximum absolute atomic E-state index is 13.5. The Bertz CT molecular complexity index is 923. The first-order chi connectivity index (χ1) is 17.0. The number of nitrogens with zero attached hydrogens (tertiary/aromatic N) is 1. The van der Waals surface area contributed by atoms with Crippen molar-refractivity contribution in [3.8, 4) is 0 Å². The Hall–Kier alpha value is -1.47. The summed E-state index contributed by atoms with van der Waals surface area (Å²) in [7, 11) is 0. The van der Waals surface area contributed by atoms with Crippen LogP contribution < -0.4 is 5.32 Å². The molecule has 0 aromatic heterocycles. The lowest BCUT2D eigenvalue weighted by molar-refractivity contribution is -0.199. The monoisotopic (exact) mass is 502 g/mol. The minimum absolute atomic E-state index is 0.00136. The fraction of sp³-hybridized carbons (Fsp3) is 0.897. The zero-order valence-electron chi connectivity index (χ0n) is 22.8. The van der Waals surface area contributed by atoms with E-state index in [1.165, 1.54) is 0 Å². The summed E-state index contributed by atoms with van der Waals surface area (Å²) in [4.78, 5) is 42.1. The quantitative estimate of drug-likeness (QED) is 0.599.